The Labute approximate surface area is 166 Å². The summed E-state index contributed by atoms with van der Waals surface area (Å²) in [5.74, 6) is 0.124. The maximum Gasteiger partial charge on any atom is 0.227 e. The first-order valence-electron chi connectivity index (χ1n) is 9.09. The molecule has 0 radical (unpaired) electrons. The molecule has 8 heteroatoms. The number of aryl methyl sites for hydroxylation is 1. The number of nitrogens with one attached hydrogen (secondary N) is 1. The van der Waals surface area contributed by atoms with Crippen molar-refractivity contribution in [1.82, 2.24) is 15.2 Å². The van der Waals surface area contributed by atoms with Gasteiger partial charge in [-0.1, -0.05) is 30.4 Å². The minimum absolute atomic E-state index is 0.0303. The zero-order valence-corrected chi connectivity index (χ0v) is 16.7. The highest BCUT2D eigenvalue weighted by atomic mass is 32.1. The lowest BCUT2D eigenvalue weighted by atomic mass is 9.96. The SMILES string of the molecule is CCc1nnc(N2CCC(C(=O)Nc3cccc(-c4cscn4)c3)CC2)s1. The van der Waals surface area contributed by atoms with E-state index in [4.69, 9.17) is 0 Å². The predicted octanol–water partition coefficient (Wildman–Crippen LogP) is 4.08. The quantitative estimate of drug-likeness (QED) is 0.700. The molecular formula is C19H21N5OS2. The number of nitrogens with zero attached hydrogens (tertiary/aromatic N) is 4. The van der Waals surface area contributed by atoms with E-state index >= 15 is 0 Å². The lowest BCUT2D eigenvalue weighted by Crippen LogP contribution is -2.38. The summed E-state index contributed by atoms with van der Waals surface area (Å²) in [4.78, 5) is 19.3. The number of amides is 1. The van der Waals surface area contributed by atoms with E-state index in [1.54, 1.807) is 22.7 Å². The van der Waals surface area contributed by atoms with Gasteiger partial charge < -0.3 is 10.2 Å². The highest BCUT2D eigenvalue weighted by molar-refractivity contribution is 7.15. The summed E-state index contributed by atoms with van der Waals surface area (Å²) in [5.41, 5.74) is 4.60. The van der Waals surface area contributed by atoms with Crippen LogP contribution in [-0.4, -0.2) is 34.2 Å². The number of hydrogen-bond acceptors (Lipinski definition) is 7. The third kappa shape index (κ3) is 4.17. The Morgan fingerprint density at radius 2 is 2.15 bits per heavy atom. The molecule has 2 aromatic heterocycles. The molecule has 3 aromatic rings. The van der Waals surface area contributed by atoms with Crippen molar-refractivity contribution in [1.29, 1.82) is 0 Å². The number of anilines is 2. The van der Waals surface area contributed by atoms with Crippen molar-refractivity contribution < 1.29 is 4.79 Å². The van der Waals surface area contributed by atoms with Crippen LogP contribution in [0.25, 0.3) is 11.3 Å². The number of carbonyl (C=O) groups excluding carboxylic acids is 1. The Morgan fingerprint density at radius 3 is 2.85 bits per heavy atom. The summed E-state index contributed by atoms with van der Waals surface area (Å²) >= 11 is 3.22. The Hall–Kier alpha value is -2.32. The van der Waals surface area contributed by atoms with Crippen LogP contribution in [0.3, 0.4) is 0 Å². The van der Waals surface area contributed by atoms with Crippen LogP contribution in [0.5, 0.6) is 0 Å². The molecule has 4 rings (SSSR count). The van der Waals surface area contributed by atoms with E-state index in [-0.39, 0.29) is 11.8 Å². The molecule has 3 heterocycles. The van der Waals surface area contributed by atoms with E-state index in [1.165, 1.54) is 0 Å². The van der Waals surface area contributed by atoms with E-state index in [2.05, 4.69) is 32.3 Å². The van der Waals surface area contributed by atoms with Gasteiger partial charge in [-0.25, -0.2) is 4.98 Å². The average molecular weight is 400 g/mol. The highest BCUT2D eigenvalue weighted by Gasteiger charge is 2.26. The molecule has 1 fully saturated rings. The minimum Gasteiger partial charge on any atom is -0.347 e. The summed E-state index contributed by atoms with van der Waals surface area (Å²) in [5, 5.41) is 15.6. The van der Waals surface area contributed by atoms with E-state index in [0.717, 1.165) is 59.4 Å². The Kier molecular flexibility index (Phi) is 5.45. The summed E-state index contributed by atoms with van der Waals surface area (Å²) in [6.07, 6.45) is 2.58. The fourth-order valence-electron chi connectivity index (χ4n) is 3.20. The average Bonchev–Trinajstić information content (AvgIpc) is 3.40. The summed E-state index contributed by atoms with van der Waals surface area (Å²) in [6, 6.07) is 7.87. The number of piperidine rings is 1. The summed E-state index contributed by atoms with van der Waals surface area (Å²) in [7, 11) is 0. The second kappa shape index (κ2) is 8.14. The molecule has 27 heavy (non-hydrogen) atoms. The first-order valence-corrected chi connectivity index (χ1v) is 10.9. The Balaban J connectivity index is 1.35. The second-order valence-corrected chi connectivity index (χ2v) is 8.30. The smallest absolute Gasteiger partial charge is 0.227 e. The van der Waals surface area contributed by atoms with Crippen LogP contribution in [-0.2, 0) is 11.2 Å². The van der Waals surface area contributed by atoms with E-state index in [1.807, 2.05) is 35.2 Å². The number of rotatable bonds is 5. The monoisotopic (exact) mass is 399 g/mol. The molecule has 6 nitrogen and oxygen atoms in total. The lowest BCUT2D eigenvalue weighted by Gasteiger charge is -2.30. The minimum atomic E-state index is 0.0303. The number of hydrogen-bond donors (Lipinski definition) is 1. The summed E-state index contributed by atoms with van der Waals surface area (Å²) in [6.45, 7) is 3.77. The van der Waals surface area contributed by atoms with E-state index < -0.39 is 0 Å². The molecular weight excluding hydrogens is 378 g/mol. The van der Waals surface area contributed by atoms with Gasteiger partial charge in [0.1, 0.15) is 5.01 Å². The van der Waals surface area contributed by atoms with Crippen molar-refractivity contribution in [3.63, 3.8) is 0 Å². The molecule has 1 aliphatic rings. The van der Waals surface area contributed by atoms with Crippen molar-refractivity contribution in [3.05, 3.63) is 40.2 Å². The molecule has 1 aliphatic heterocycles. The van der Waals surface area contributed by atoms with Crippen LogP contribution in [0.1, 0.15) is 24.8 Å². The predicted molar refractivity (Wildman–Crippen MR) is 110 cm³/mol. The largest absolute Gasteiger partial charge is 0.347 e. The Bertz CT molecular complexity index is 900. The second-order valence-electron chi connectivity index (χ2n) is 6.54. The third-order valence-corrected chi connectivity index (χ3v) is 6.47. The molecule has 0 aliphatic carbocycles. The Morgan fingerprint density at radius 1 is 1.30 bits per heavy atom. The fourth-order valence-corrected chi connectivity index (χ4v) is 4.60. The molecule has 0 bridgehead atoms. The zero-order chi connectivity index (χ0) is 18.6. The maximum atomic E-state index is 12.7. The number of benzene rings is 1. The first kappa shape index (κ1) is 18.1. The lowest BCUT2D eigenvalue weighted by molar-refractivity contribution is -0.120. The molecule has 1 saturated heterocycles. The van der Waals surface area contributed by atoms with Gasteiger partial charge in [0.05, 0.1) is 11.2 Å². The van der Waals surface area contributed by atoms with Crippen LogP contribution in [0.15, 0.2) is 35.2 Å². The van der Waals surface area contributed by atoms with Crippen molar-refractivity contribution in [2.75, 3.05) is 23.3 Å². The van der Waals surface area contributed by atoms with Gasteiger partial charge in [0.25, 0.3) is 0 Å². The van der Waals surface area contributed by atoms with Gasteiger partial charge in [0.2, 0.25) is 11.0 Å². The standard InChI is InChI=1S/C19H21N5OS2/c1-2-17-22-23-19(27-17)24-8-6-13(7-9-24)18(25)21-15-5-3-4-14(10-15)16-11-26-12-20-16/h3-5,10-13H,2,6-9H2,1H3,(H,21,25). The summed E-state index contributed by atoms with van der Waals surface area (Å²) < 4.78 is 0. The fraction of sp³-hybridized carbons (Fsp3) is 0.368. The molecule has 0 spiro atoms. The first-order chi connectivity index (χ1) is 13.2. The van der Waals surface area contributed by atoms with Crippen LogP contribution < -0.4 is 10.2 Å². The van der Waals surface area contributed by atoms with Crippen LogP contribution in [0, 0.1) is 5.92 Å². The zero-order valence-electron chi connectivity index (χ0n) is 15.1. The van der Waals surface area contributed by atoms with E-state index in [0.29, 0.717) is 0 Å². The molecule has 1 aromatic carbocycles. The van der Waals surface area contributed by atoms with Crippen LogP contribution in [0.4, 0.5) is 10.8 Å². The molecule has 0 atom stereocenters. The molecule has 0 saturated carbocycles. The van der Waals surface area contributed by atoms with Crippen LogP contribution >= 0.6 is 22.7 Å². The van der Waals surface area contributed by atoms with Crippen molar-refractivity contribution in [3.8, 4) is 11.3 Å². The molecule has 0 unspecified atom stereocenters. The van der Waals surface area contributed by atoms with Crippen molar-refractivity contribution in [2.45, 2.75) is 26.2 Å². The van der Waals surface area contributed by atoms with Gasteiger partial charge in [-0.15, -0.1) is 21.5 Å². The van der Waals surface area contributed by atoms with Gasteiger partial charge in [0, 0.05) is 35.6 Å². The van der Waals surface area contributed by atoms with Gasteiger partial charge in [0.15, 0.2) is 0 Å². The number of carbonyl (C=O) groups is 1. The molecule has 1 amide bonds. The molecule has 140 valence electrons. The van der Waals surface area contributed by atoms with Gasteiger partial charge in [-0.05, 0) is 31.4 Å². The van der Waals surface area contributed by atoms with Crippen LogP contribution in [0.2, 0.25) is 0 Å². The van der Waals surface area contributed by atoms with Gasteiger partial charge in [-0.2, -0.15) is 0 Å². The van der Waals surface area contributed by atoms with Crippen molar-refractivity contribution >= 4 is 39.4 Å². The van der Waals surface area contributed by atoms with Gasteiger partial charge >= 0.3 is 0 Å². The number of thiazole rings is 1. The number of aromatic nitrogens is 3. The maximum absolute atomic E-state index is 12.7. The normalized spacial score (nSPS) is 15.1. The third-order valence-electron chi connectivity index (χ3n) is 4.75. The topological polar surface area (TPSA) is 71.0 Å². The van der Waals surface area contributed by atoms with E-state index in [9.17, 15) is 4.79 Å². The van der Waals surface area contributed by atoms with Crippen molar-refractivity contribution in [2.24, 2.45) is 5.92 Å². The van der Waals surface area contributed by atoms with Gasteiger partial charge in [-0.3, -0.25) is 4.79 Å². The highest BCUT2D eigenvalue weighted by Crippen LogP contribution is 2.28. The molecule has 1 N–H and O–H groups in total.